The summed E-state index contributed by atoms with van der Waals surface area (Å²) in [5, 5.41) is 0. The van der Waals surface area contributed by atoms with Crippen LogP contribution in [-0.2, 0) is 0 Å². The second-order valence-electron chi connectivity index (χ2n) is 3.28. The van der Waals surface area contributed by atoms with Gasteiger partial charge in [-0.1, -0.05) is 6.92 Å². The molecule has 1 aliphatic rings. The van der Waals surface area contributed by atoms with Crippen LogP contribution in [0.25, 0.3) is 0 Å². The van der Waals surface area contributed by atoms with E-state index in [1.165, 1.54) is 0 Å². The molecule has 3 heteroatoms. The van der Waals surface area contributed by atoms with Crippen LogP contribution in [-0.4, -0.2) is 19.0 Å². The molecule has 1 aliphatic heterocycles. The normalized spacial score (nSPS) is 19.1. The molecule has 1 aromatic rings. The van der Waals surface area contributed by atoms with E-state index in [0.717, 1.165) is 18.5 Å². The van der Waals surface area contributed by atoms with E-state index in [2.05, 4.69) is 0 Å². The monoisotopic (exact) mass is 192 g/mol. The lowest BCUT2D eigenvalue weighted by Gasteiger charge is -2.25. The topological polar surface area (TPSA) is 35.5 Å². The quantitative estimate of drug-likeness (QED) is 0.673. The van der Waals surface area contributed by atoms with E-state index in [4.69, 9.17) is 9.47 Å². The second-order valence-corrected chi connectivity index (χ2v) is 3.28. The van der Waals surface area contributed by atoms with E-state index in [1.54, 1.807) is 18.2 Å². The van der Waals surface area contributed by atoms with Gasteiger partial charge in [0.05, 0.1) is 0 Å². The van der Waals surface area contributed by atoms with Crippen LogP contribution >= 0.6 is 0 Å². The minimum absolute atomic E-state index is 0.101. The predicted molar refractivity (Wildman–Crippen MR) is 52.0 cm³/mol. The number of fused-ring (bicyclic) bond motifs is 1. The number of carbonyl (C=O) groups excluding carboxylic acids is 1. The molecule has 0 radical (unpaired) electrons. The van der Waals surface area contributed by atoms with E-state index < -0.39 is 0 Å². The third kappa shape index (κ3) is 1.58. The zero-order valence-corrected chi connectivity index (χ0v) is 8.03. The first-order valence-corrected chi connectivity index (χ1v) is 4.72. The first-order chi connectivity index (χ1) is 6.83. The second kappa shape index (κ2) is 3.70. The Morgan fingerprint density at radius 2 is 2.36 bits per heavy atom. The standard InChI is InChI=1S/C11H12O3/c1-2-9-7-13-10-4-3-8(6-12)5-11(10)14-9/h3-6,9H,2,7H2,1H3/t9-/m1/s1. The van der Waals surface area contributed by atoms with Crippen LogP contribution in [0.4, 0.5) is 0 Å². The molecule has 0 aromatic heterocycles. The molecule has 14 heavy (non-hydrogen) atoms. The smallest absolute Gasteiger partial charge is 0.162 e. The summed E-state index contributed by atoms with van der Waals surface area (Å²) in [5.41, 5.74) is 0.615. The van der Waals surface area contributed by atoms with Crippen molar-refractivity contribution in [1.29, 1.82) is 0 Å². The lowest BCUT2D eigenvalue weighted by molar-refractivity contribution is 0.0881. The van der Waals surface area contributed by atoms with Crippen molar-refractivity contribution in [3.05, 3.63) is 23.8 Å². The summed E-state index contributed by atoms with van der Waals surface area (Å²) in [4.78, 5) is 10.5. The molecule has 0 aliphatic carbocycles. The molecule has 0 unspecified atom stereocenters. The number of carbonyl (C=O) groups is 1. The highest BCUT2D eigenvalue weighted by molar-refractivity contribution is 5.76. The SMILES string of the molecule is CC[C@@H]1COc2ccc(C=O)cc2O1. The minimum Gasteiger partial charge on any atom is -0.486 e. The Bertz CT molecular complexity index is 346. The third-order valence-electron chi connectivity index (χ3n) is 2.28. The third-order valence-corrected chi connectivity index (χ3v) is 2.28. The van der Waals surface area contributed by atoms with Crippen LogP contribution < -0.4 is 9.47 Å². The summed E-state index contributed by atoms with van der Waals surface area (Å²) in [6.07, 6.45) is 1.81. The van der Waals surface area contributed by atoms with Crippen molar-refractivity contribution in [2.75, 3.05) is 6.61 Å². The average Bonchev–Trinajstić information content (AvgIpc) is 2.27. The molecular formula is C11H12O3. The molecular weight excluding hydrogens is 180 g/mol. The number of rotatable bonds is 2. The highest BCUT2D eigenvalue weighted by atomic mass is 16.6. The van der Waals surface area contributed by atoms with Gasteiger partial charge in [0.2, 0.25) is 0 Å². The summed E-state index contributed by atoms with van der Waals surface area (Å²) in [6.45, 7) is 2.63. The summed E-state index contributed by atoms with van der Waals surface area (Å²) in [5.74, 6) is 1.40. The number of hydrogen-bond acceptors (Lipinski definition) is 3. The Hall–Kier alpha value is -1.51. The van der Waals surface area contributed by atoms with Gasteiger partial charge in [-0.15, -0.1) is 0 Å². The van der Waals surface area contributed by atoms with E-state index in [0.29, 0.717) is 17.9 Å². The Balaban J connectivity index is 2.29. The maximum Gasteiger partial charge on any atom is 0.162 e. The zero-order chi connectivity index (χ0) is 9.97. The van der Waals surface area contributed by atoms with Gasteiger partial charge in [0.1, 0.15) is 19.0 Å². The van der Waals surface area contributed by atoms with Crippen molar-refractivity contribution < 1.29 is 14.3 Å². The molecule has 1 heterocycles. The fourth-order valence-corrected chi connectivity index (χ4v) is 1.41. The molecule has 0 N–H and O–H groups in total. The van der Waals surface area contributed by atoms with Crippen LogP contribution in [0, 0.1) is 0 Å². The van der Waals surface area contributed by atoms with Gasteiger partial charge in [0.15, 0.2) is 11.5 Å². The molecule has 0 saturated carbocycles. The summed E-state index contributed by atoms with van der Waals surface area (Å²) >= 11 is 0. The van der Waals surface area contributed by atoms with E-state index in [-0.39, 0.29) is 6.10 Å². The fourth-order valence-electron chi connectivity index (χ4n) is 1.41. The van der Waals surface area contributed by atoms with E-state index >= 15 is 0 Å². The maximum atomic E-state index is 10.5. The van der Waals surface area contributed by atoms with Crippen LogP contribution in [0.3, 0.4) is 0 Å². The van der Waals surface area contributed by atoms with E-state index in [1.807, 2.05) is 6.92 Å². The van der Waals surface area contributed by atoms with Gasteiger partial charge in [-0.25, -0.2) is 0 Å². The van der Waals surface area contributed by atoms with Crippen LogP contribution in [0.15, 0.2) is 18.2 Å². The Kier molecular flexibility index (Phi) is 2.39. The Morgan fingerprint density at radius 3 is 3.07 bits per heavy atom. The minimum atomic E-state index is 0.101. The van der Waals surface area contributed by atoms with Gasteiger partial charge in [-0.05, 0) is 24.6 Å². The van der Waals surface area contributed by atoms with E-state index in [9.17, 15) is 4.79 Å². The van der Waals surface area contributed by atoms with Crippen molar-refractivity contribution in [3.63, 3.8) is 0 Å². The van der Waals surface area contributed by atoms with Gasteiger partial charge in [0.25, 0.3) is 0 Å². The fraction of sp³-hybridized carbons (Fsp3) is 0.364. The van der Waals surface area contributed by atoms with Gasteiger partial charge in [0, 0.05) is 5.56 Å². The van der Waals surface area contributed by atoms with Crippen molar-refractivity contribution in [2.24, 2.45) is 0 Å². The first-order valence-electron chi connectivity index (χ1n) is 4.72. The lowest BCUT2D eigenvalue weighted by atomic mass is 10.2. The zero-order valence-electron chi connectivity index (χ0n) is 8.03. The van der Waals surface area contributed by atoms with Gasteiger partial charge in [-0.3, -0.25) is 4.79 Å². The van der Waals surface area contributed by atoms with Crippen LogP contribution in [0.1, 0.15) is 23.7 Å². The predicted octanol–water partition coefficient (Wildman–Crippen LogP) is 2.05. The maximum absolute atomic E-state index is 10.5. The number of benzene rings is 1. The number of hydrogen-bond donors (Lipinski definition) is 0. The van der Waals surface area contributed by atoms with Crippen molar-refractivity contribution >= 4 is 6.29 Å². The van der Waals surface area contributed by atoms with Gasteiger partial charge < -0.3 is 9.47 Å². The molecule has 1 aromatic carbocycles. The molecule has 2 rings (SSSR count). The Morgan fingerprint density at radius 1 is 1.50 bits per heavy atom. The number of ether oxygens (including phenoxy) is 2. The molecule has 1 atom stereocenters. The Labute approximate surface area is 82.6 Å². The van der Waals surface area contributed by atoms with Crippen molar-refractivity contribution in [1.82, 2.24) is 0 Å². The van der Waals surface area contributed by atoms with Gasteiger partial charge >= 0.3 is 0 Å². The molecule has 3 nitrogen and oxygen atoms in total. The van der Waals surface area contributed by atoms with Gasteiger partial charge in [-0.2, -0.15) is 0 Å². The molecule has 0 fully saturated rings. The van der Waals surface area contributed by atoms with Crippen LogP contribution in [0.5, 0.6) is 11.5 Å². The first kappa shape index (κ1) is 9.06. The van der Waals surface area contributed by atoms with Crippen molar-refractivity contribution in [2.45, 2.75) is 19.4 Å². The highest BCUT2D eigenvalue weighted by Gasteiger charge is 2.19. The number of aldehydes is 1. The molecule has 0 saturated heterocycles. The van der Waals surface area contributed by atoms with Crippen molar-refractivity contribution in [3.8, 4) is 11.5 Å². The highest BCUT2D eigenvalue weighted by Crippen LogP contribution is 2.32. The molecule has 0 amide bonds. The summed E-state index contributed by atoms with van der Waals surface area (Å²) < 4.78 is 11.1. The largest absolute Gasteiger partial charge is 0.486 e. The molecule has 0 spiro atoms. The average molecular weight is 192 g/mol. The molecule has 0 bridgehead atoms. The summed E-state index contributed by atoms with van der Waals surface area (Å²) in [7, 11) is 0. The molecule has 74 valence electrons. The van der Waals surface area contributed by atoms with Crippen LogP contribution in [0.2, 0.25) is 0 Å². The lowest BCUT2D eigenvalue weighted by Crippen LogP contribution is -2.28. The summed E-state index contributed by atoms with van der Waals surface area (Å²) in [6, 6.07) is 5.20.